The van der Waals surface area contributed by atoms with Crippen LogP contribution in [0.5, 0.6) is 0 Å². The van der Waals surface area contributed by atoms with Crippen LogP contribution in [0, 0.1) is 0 Å². The van der Waals surface area contributed by atoms with Gasteiger partial charge in [0.05, 0.1) is 10.6 Å². The van der Waals surface area contributed by atoms with Crippen molar-refractivity contribution < 1.29 is 9.59 Å². The molecular formula is C14H8ClNO2. The average molecular weight is 258 g/mol. The second kappa shape index (κ2) is 3.68. The van der Waals surface area contributed by atoms with Crippen molar-refractivity contribution in [2.24, 2.45) is 0 Å². The molecule has 2 aromatic carbocycles. The van der Waals surface area contributed by atoms with Crippen molar-refractivity contribution >= 4 is 28.9 Å². The smallest absolute Gasteiger partial charge is 0.196 e. The number of halogens is 1. The van der Waals surface area contributed by atoms with Crippen molar-refractivity contribution in [2.75, 3.05) is 5.73 Å². The number of carbonyl (C=O) groups is 2. The molecule has 3 nitrogen and oxygen atoms in total. The number of ketones is 2. The van der Waals surface area contributed by atoms with E-state index >= 15 is 0 Å². The van der Waals surface area contributed by atoms with Gasteiger partial charge in [-0.1, -0.05) is 23.7 Å². The molecule has 0 saturated heterocycles. The molecule has 0 spiro atoms. The number of carbonyl (C=O) groups excluding carboxylic acids is 2. The van der Waals surface area contributed by atoms with Gasteiger partial charge < -0.3 is 5.73 Å². The van der Waals surface area contributed by atoms with Gasteiger partial charge in [-0.15, -0.1) is 0 Å². The quantitative estimate of drug-likeness (QED) is 0.630. The Bertz CT molecular complexity index is 707. The normalized spacial score (nSPS) is 13.2. The molecule has 0 heterocycles. The van der Waals surface area contributed by atoms with Crippen LogP contribution in [0.15, 0.2) is 36.4 Å². The lowest BCUT2D eigenvalue weighted by Crippen LogP contribution is -2.21. The van der Waals surface area contributed by atoms with Crippen LogP contribution in [-0.4, -0.2) is 11.6 Å². The number of rotatable bonds is 0. The van der Waals surface area contributed by atoms with Crippen LogP contribution in [0.25, 0.3) is 0 Å². The molecule has 0 atom stereocenters. The van der Waals surface area contributed by atoms with Gasteiger partial charge in [0, 0.05) is 22.4 Å². The van der Waals surface area contributed by atoms with Crippen molar-refractivity contribution in [3.63, 3.8) is 0 Å². The first kappa shape index (κ1) is 11.0. The number of hydrogen-bond acceptors (Lipinski definition) is 3. The summed E-state index contributed by atoms with van der Waals surface area (Å²) >= 11 is 6.00. The second-order valence-electron chi connectivity index (χ2n) is 4.13. The van der Waals surface area contributed by atoms with Crippen molar-refractivity contribution in [1.82, 2.24) is 0 Å². The lowest BCUT2D eigenvalue weighted by Gasteiger charge is -2.18. The molecule has 0 unspecified atom stereocenters. The standard InChI is InChI=1S/C14H8ClNO2/c15-11-3-1-2-9-12(11)14(18)10-6-7(16)4-5-8(10)13(9)17/h1-6H,16H2. The lowest BCUT2D eigenvalue weighted by atomic mass is 9.84. The Morgan fingerprint density at radius 1 is 0.889 bits per heavy atom. The molecule has 88 valence electrons. The molecule has 0 bridgehead atoms. The van der Waals surface area contributed by atoms with E-state index in [4.69, 9.17) is 17.3 Å². The Hall–Kier alpha value is -2.13. The SMILES string of the molecule is Nc1ccc2c(c1)C(=O)c1c(Cl)cccc1C2=O. The predicted octanol–water partition coefficient (Wildman–Crippen LogP) is 2.70. The van der Waals surface area contributed by atoms with Gasteiger partial charge in [0.15, 0.2) is 11.6 Å². The average Bonchev–Trinajstić information content (AvgIpc) is 2.35. The summed E-state index contributed by atoms with van der Waals surface area (Å²) in [6.45, 7) is 0. The topological polar surface area (TPSA) is 60.2 Å². The molecule has 18 heavy (non-hydrogen) atoms. The van der Waals surface area contributed by atoms with Gasteiger partial charge in [-0.25, -0.2) is 0 Å². The molecule has 1 aliphatic carbocycles. The highest BCUT2D eigenvalue weighted by Gasteiger charge is 2.31. The molecular weight excluding hydrogens is 250 g/mol. The van der Waals surface area contributed by atoms with Crippen LogP contribution in [0.2, 0.25) is 5.02 Å². The minimum absolute atomic E-state index is 0.192. The van der Waals surface area contributed by atoms with Crippen molar-refractivity contribution in [3.8, 4) is 0 Å². The van der Waals surface area contributed by atoms with Gasteiger partial charge in [0.2, 0.25) is 0 Å². The molecule has 4 heteroatoms. The maximum atomic E-state index is 12.3. The summed E-state index contributed by atoms with van der Waals surface area (Å²) in [6, 6.07) is 9.58. The molecule has 0 aromatic heterocycles. The van der Waals surface area contributed by atoms with Crippen molar-refractivity contribution in [3.05, 3.63) is 63.7 Å². The van der Waals surface area contributed by atoms with E-state index in [1.54, 1.807) is 30.3 Å². The number of anilines is 1. The van der Waals surface area contributed by atoms with E-state index in [-0.39, 0.29) is 17.1 Å². The summed E-state index contributed by atoms with van der Waals surface area (Å²) in [5.41, 5.74) is 7.42. The molecule has 1 aliphatic rings. The van der Waals surface area contributed by atoms with Crippen molar-refractivity contribution in [2.45, 2.75) is 0 Å². The van der Waals surface area contributed by atoms with Crippen LogP contribution in [-0.2, 0) is 0 Å². The highest BCUT2D eigenvalue weighted by molar-refractivity contribution is 6.39. The van der Waals surface area contributed by atoms with Gasteiger partial charge in [-0.05, 0) is 24.3 Å². The van der Waals surface area contributed by atoms with Gasteiger partial charge >= 0.3 is 0 Å². The minimum atomic E-state index is -0.252. The monoisotopic (exact) mass is 257 g/mol. The third-order valence-corrected chi connectivity index (χ3v) is 3.33. The number of nitrogen functional groups attached to an aromatic ring is 1. The van der Waals surface area contributed by atoms with Crippen LogP contribution in [0.3, 0.4) is 0 Å². The molecule has 3 rings (SSSR count). The first-order valence-electron chi connectivity index (χ1n) is 5.37. The fraction of sp³-hybridized carbons (Fsp3) is 0. The van der Waals surface area contributed by atoms with E-state index in [9.17, 15) is 9.59 Å². The molecule has 0 amide bonds. The zero-order chi connectivity index (χ0) is 12.9. The Morgan fingerprint density at radius 3 is 2.44 bits per heavy atom. The third kappa shape index (κ3) is 1.38. The Kier molecular flexibility index (Phi) is 2.25. The van der Waals surface area contributed by atoms with E-state index in [1.807, 2.05) is 0 Å². The lowest BCUT2D eigenvalue weighted by molar-refractivity contribution is 0.0979. The van der Waals surface area contributed by atoms with Crippen LogP contribution in [0.4, 0.5) is 5.69 Å². The fourth-order valence-electron chi connectivity index (χ4n) is 2.17. The van der Waals surface area contributed by atoms with Gasteiger partial charge in [-0.3, -0.25) is 9.59 Å². The number of nitrogens with two attached hydrogens (primary N) is 1. The number of fused-ring (bicyclic) bond motifs is 2. The maximum absolute atomic E-state index is 12.3. The molecule has 0 saturated carbocycles. The van der Waals surface area contributed by atoms with E-state index in [2.05, 4.69) is 0 Å². The summed E-state index contributed by atoms with van der Waals surface area (Å²) in [6.07, 6.45) is 0. The Morgan fingerprint density at radius 2 is 1.67 bits per heavy atom. The fourth-order valence-corrected chi connectivity index (χ4v) is 2.43. The zero-order valence-corrected chi connectivity index (χ0v) is 9.99. The maximum Gasteiger partial charge on any atom is 0.196 e. The molecule has 0 radical (unpaired) electrons. The summed E-state index contributed by atoms with van der Waals surface area (Å²) in [4.78, 5) is 24.6. The second-order valence-corrected chi connectivity index (χ2v) is 4.53. The summed E-state index contributed by atoms with van der Waals surface area (Å²) in [5.74, 6) is -0.445. The highest BCUT2D eigenvalue weighted by Crippen LogP contribution is 2.32. The largest absolute Gasteiger partial charge is 0.399 e. The third-order valence-electron chi connectivity index (χ3n) is 3.02. The van der Waals surface area contributed by atoms with E-state index < -0.39 is 0 Å². The first-order valence-corrected chi connectivity index (χ1v) is 5.75. The van der Waals surface area contributed by atoms with Crippen molar-refractivity contribution in [1.29, 1.82) is 0 Å². The highest BCUT2D eigenvalue weighted by atomic mass is 35.5. The van der Waals surface area contributed by atoms with Crippen LogP contribution in [0.1, 0.15) is 31.8 Å². The molecule has 0 aliphatic heterocycles. The summed E-state index contributed by atoms with van der Waals surface area (Å²) in [7, 11) is 0. The molecule has 0 fully saturated rings. The van der Waals surface area contributed by atoms with E-state index in [0.717, 1.165) is 0 Å². The van der Waals surface area contributed by atoms with Gasteiger partial charge in [-0.2, -0.15) is 0 Å². The van der Waals surface area contributed by atoms with Gasteiger partial charge in [0.25, 0.3) is 0 Å². The molecule has 2 aromatic rings. The zero-order valence-electron chi connectivity index (χ0n) is 9.24. The Balaban J connectivity index is 2.36. The van der Waals surface area contributed by atoms with Crippen LogP contribution >= 0.6 is 11.6 Å². The molecule has 2 N–H and O–H groups in total. The van der Waals surface area contributed by atoms with Crippen LogP contribution < -0.4 is 5.73 Å². The predicted molar refractivity (Wildman–Crippen MR) is 69.2 cm³/mol. The Labute approximate surface area is 108 Å². The summed E-state index contributed by atoms with van der Waals surface area (Å²) in [5, 5.41) is 0.291. The van der Waals surface area contributed by atoms with E-state index in [0.29, 0.717) is 27.4 Å². The summed E-state index contributed by atoms with van der Waals surface area (Å²) < 4.78 is 0. The first-order chi connectivity index (χ1) is 8.59. The van der Waals surface area contributed by atoms with E-state index in [1.165, 1.54) is 6.07 Å². The number of benzene rings is 2. The van der Waals surface area contributed by atoms with Gasteiger partial charge in [0.1, 0.15) is 0 Å². The minimum Gasteiger partial charge on any atom is -0.399 e. The number of hydrogen-bond donors (Lipinski definition) is 1.